The lowest BCUT2D eigenvalue weighted by Crippen LogP contribution is -2.52. The van der Waals surface area contributed by atoms with Crippen molar-refractivity contribution in [2.45, 2.75) is 97.2 Å². The Morgan fingerprint density at radius 3 is 2.79 bits per heavy atom. The lowest BCUT2D eigenvalue weighted by Gasteiger charge is -2.45. The number of nitriles is 1. The van der Waals surface area contributed by atoms with Gasteiger partial charge >= 0.3 is 0 Å². The average molecular weight is 471 g/mol. The predicted octanol–water partition coefficient (Wildman–Crippen LogP) is 6.21. The van der Waals surface area contributed by atoms with Crippen LogP contribution in [0.25, 0.3) is 11.0 Å². The van der Waals surface area contributed by atoms with Gasteiger partial charge in [-0.2, -0.15) is 5.26 Å². The minimum Gasteiger partial charge on any atom is -0.487 e. The molecule has 7 heteroatoms. The van der Waals surface area contributed by atoms with Gasteiger partial charge in [0.25, 0.3) is 0 Å². The predicted molar refractivity (Wildman–Crippen MR) is 130 cm³/mol. The fraction of sp³-hybridized carbons (Fsp3) is 0.654. The average Bonchev–Trinajstić information content (AvgIpc) is 3.44. The van der Waals surface area contributed by atoms with Crippen molar-refractivity contribution in [2.24, 2.45) is 11.3 Å². The van der Waals surface area contributed by atoms with Crippen LogP contribution in [0.5, 0.6) is 5.75 Å². The molecule has 4 unspecified atom stereocenters. The quantitative estimate of drug-likeness (QED) is 0.521. The largest absolute Gasteiger partial charge is 0.487 e. The molecule has 4 atom stereocenters. The topological polar surface area (TPSA) is 82.0 Å². The number of fused-ring (bicyclic) bond motifs is 1. The van der Waals surface area contributed by atoms with Gasteiger partial charge in [-0.1, -0.05) is 25.4 Å². The molecule has 0 bridgehead atoms. The first kappa shape index (κ1) is 23.9. The Labute approximate surface area is 201 Å². The lowest BCUT2D eigenvalue weighted by atomic mass is 9.79. The van der Waals surface area contributed by atoms with E-state index in [1.54, 1.807) is 6.20 Å². The normalized spacial score (nSPS) is 24.5. The van der Waals surface area contributed by atoms with Gasteiger partial charge in [-0.3, -0.25) is 4.79 Å². The Morgan fingerprint density at radius 2 is 2.12 bits per heavy atom. The Morgan fingerprint density at radius 1 is 1.39 bits per heavy atom. The standard InChI is InChI=1S/C26H35ClN4O2/c1-15-8-17(3)31(18(9-15)11-26(4,5)14-28)22(32)10-16(2)20-12-29-25-23(20)24(27)21(13-30-25)33-19-6-7-19/h12-13,15-19H,6-11H2,1-5H3,(H,29,30). The van der Waals surface area contributed by atoms with Crippen molar-refractivity contribution in [1.82, 2.24) is 14.9 Å². The van der Waals surface area contributed by atoms with E-state index in [2.05, 4.69) is 41.7 Å². The molecule has 1 amide bonds. The number of aromatic amines is 1. The Bertz CT molecular complexity index is 1070. The fourth-order valence-electron chi connectivity index (χ4n) is 5.37. The van der Waals surface area contributed by atoms with Gasteiger partial charge in [-0.15, -0.1) is 0 Å². The smallest absolute Gasteiger partial charge is 0.223 e. The Kier molecular flexibility index (Phi) is 6.64. The minimum absolute atomic E-state index is 0.0297. The second-order valence-corrected chi connectivity index (χ2v) is 11.3. The molecule has 1 saturated heterocycles. The molecule has 33 heavy (non-hydrogen) atoms. The van der Waals surface area contributed by atoms with Gasteiger partial charge < -0.3 is 14.6 Å². The number of pyridine rings is 1. The third-order valence-corrected chi connectivity index (χ3v) is 7.46. The highest BCUT2D eigenvalue weighted by atomic mass is 35.5. The van der Waals surface area contributed by atoms with E-state index in [-0.39, 0.29) is 30.0 Å². The number of rotatable bonds is 7. The molecular formula is C26H35ClN4O2. The van der Waals surface area contributed by atoms with Crippen LogP contribution in [0.2, 0.25) is 5.02 Å². The molecule has 0 aromatic carbocycles. The molecule has 2 aromatic rings. The number of likely N-dealkylation sites (tertiary alicyclic amines) is 1. The van der Waals surface area contributed by atoms with Crippen LogP contribution in [0.15, 0.2) is 12.4 Å². The van der Waals surface area contributed by atoms with Gasteiger partial charge in [0.05, 0.1) is 28.8 Å². The maximum Gasteiger partial charge on any atom is 0.223 e. The number of nitrogens with zero attached hydrogens (tertiary/aromatic N) is 3. The number of aromatic nitrogens is 2. The molecule has 178 valence electrons. The molecule has 0 radical (unpaired) electrons. The molecule has 4 rings (SSSR count). The highest BCUT2D eigenvalue weighted by Gasteiger charge is 2.38. The highest BCUT2D eigenvalue weighted by Crippen LogP contribution is 2.40. The van der Waals surface area contributed by atoms with Crippen molar-refractivity contribution in [3.05, 3.63) is 23.0 Å². The first-order valence-corrected chi connectivity index (χ1v) is 12.5. The van der Waals surface area contributed by atoms with Crippen LogP contribution in [-0.2, 0) is 4.79 Å². The third-order valence-electron chi connectivity index (χ3n) is 7.09. The molecular weight excluding hydrogens is 436 g/mol. The SMILES string of the molecule is CC1CC(C)N(C(=O)CC(C)c2c[nH]c3ncc(OC4CC4)c(Cl)c23)C(CC(C)(C)C#N)C1. The van der Waals surface area contributed by atoms with E-state index in [1.807, 2.05) is 20.0 Å². The number of ether oxygens (including phenoxy) is 1. The first-order chi connectivity index (χ1) is 15.6. The number of hydrogen-bond acceptors (Lipinski definition) is 4. The zero-order valence-corrected chi connectivity index (χ0v) is 21.1. The summed E-state index contributed by atoms with van der Waals surface area (Å²) in [6.07, 6.45) is 8.96. The molecule has 1 aliphatic carbocycles. The summed E-state index contributed by atoms with van der Waals surface area (Å²) < 4.78 is 5.93. The summed E-state index contributed by atoms with van der Waals surface area (Å²) in [6, 6.07) is 2.67. The molecule has 1 saturated carbocycles. The summed E-state index contributed by atoms with van der Waals surface area (Å²) in [6.45, 7) is 10.4. The van der Waals surface area contributed by atoms with Crippen LogP contribution >= 0.6 is 11.6 Å². The van der Waals surface area contributed by atoms with E-state index < -0.39 is 5.41 Å². The van der Waals surface area contributed by atoms with E-state index in [1.165, 1.54) is 0 Å². The van der Waals surface area contributed by atoms with Crippen LogP contribution in [-0.4, -0.2) is 39.0 Å². The summed E-state index contributed by atoms with van der Waals surface area (Å²) in [5, 5.41) is 11.0. The van der Waals surface area contributed by atoms with Gasteiger partial charge in [0.2, 0.25) is 5.91 Å². The second kappa shape index (κ2) is 9.18. The van der Waals surface area contributed by atoms with Crippen molar-refractivity contribution in [1.29, 1.82) is 5.26 Å². The molecule has 0 spiro atoms. The molecule has 1 aliphatic heterocycles. The van der Waals surface area contributed by atoms with Crippen molar-refractivity contribution in [3.8, 4) is 11.8 Å². The monoisotopic (exact) mass is 470 g/mol. The van der Waals surface area contributed by atoms with Gasteiger partial charge in [0.1, 0.15) is 5.65 Å². The van der Waals surface area contributed by atoms with Crippen molar-refractivity contribution < 1.29 is 9.53 Å². The number of amides is 1. The van der Waals surface area contributed by atoms with E-state index in [4.69, 9.17) is 16.3 Å². The molecule has 2 aromatic heterocycles. The van der Waals surface area contributed by atoms with Crippen LogP contribution < -0.4 is 4.74 Å². The van der Waals surface area contributed by atoms with Gasteiger partial charge in [-0.25, -0.2) is 4.98 Å². The molecule has 1 N–H and O–H groups in total. The zero-order valence-electron chi connectivity index (χ0n) is 20.3. The lowest BCUT2D eigenvalue weighted by molar-refractivity contribution is -0.139. The third kappa shape index (κ3) is 5.14. The van der Waals surface area contributed by atoms with E-state index >= 15 is 0 Å². The van der Waals surface area contributed by atoms with Gasteiger partial charge in [-0.05, 0) is 70.3 Å². The highest BCUT2D eigenvalue weighted by molar-refractivity contribution is 6.37. The molecule has 2 aliphatic rings. The minimum atomic E-state index is -0.459. The maximum absolute atomic E-state index is 13.6. The molecule has 3 heterocycles. The zero-order chi connectivity index (χ0) is 23.9. The van der Waals surface area contributed by atoms with Crippen LogP contribution in [0.4, 0.5) is 0 Å². The number of piperidine rings is 1. The molecule has 6 nitrogen and oxygen atoms in total. The first-order valence-electron chi connectivity index (χ1n) is 12.1. The Hall–Kier alpha value is -2.26. The van der Waals surface area contributed by atoms with Crippen molar-refractivity contribution >= 4 is 28.5 Å². The van der Waals surface area contributed by atoms with Crippen LogP contribution in [0.1, 0.15) is 84.6 Å². The summed E-state index contributed by atoms with van der Waals surface area (Å²) in [4.78, 5) is 23.4. The summed E-state index contributed by atoms with van der Waals surface area (Å²) in [7, 11) is 0. The maximum atomic E-state index is 13.6. The van der Waals surface area contributed by atoms with Crippen molar-refractivity contribution in [2.75, 3.05) is 0 Å². The number of carbonyl (C=O) groups excluding carboxylic acids is 1. The van der Waals surface area contributed by atoms with Crippen LogP contribution in [0, 0.1) is 22.7 Å². The van der Waals surface area contributed by atoms with E-state index in [9.17, 15) is 10.1 Å². The van der Waals surface area contributed by atoms with Gasteiger partial charge in [0, 0.05) is 30.1 Å². The number of halogens is 1. The summed E-state index contributed by atoms with van der Waals surface area (Å²) >= 11 is 6.73. The number of hydrogen-bond donors (Lipinski definition) is 1. The number of H-pyrrole nitrogens is 1. The summed E-state index contributed by atoms with van der Waals surface area (Å²) in [5.74, 6) is 1.27. The van der Waals surface area contributed by atoms with Gasteiger partial charge in [0.15, 0.2) is 5.75 Å². The van der Waals surface area contributed by atoms with E-state index in [0.29, 0.717) is 35.2 Å². The summed E-state index contributed by atoms with van der Waals surface area (Å²) in [5.41, 5.74) is 1.25. The number of carbonyl (C=O) groups is 1. The van der Waals surface area contributed by atoms with E-state index in [0.717, 1.165) is 36.6 Å². The van der Waals surface area contributed by atoms with Crippen molar-refractivity contribution in [3.63, 3.8) is 0 Å². The fourth-order valence-corrected chi connectivity index (χ4v) is 5.66. The molecule has 2 fully saturated rings. The Balaban J connectivity index is 1.55. The number of nitrogens with one attached hydrogen (secondary N) is 1. The van der Waals surface area contributed by atoms with Crippen LogP contribution in [0.3, 0.4) is 0 Å². The second-order valence-electron chi connectivity index (χ2n) is 10.9.